The molecule has 2 atom stereocenters. The van der Waals surface area contributed by atoms with E-state index in [1.807, 2.05) is 30.1 Å². The minimum atomic E-state index is 0.603. The predicted molar refractivity (Wildman–Crippen MR) is 96.8 cm³/mol. The molecule has 2 N–H and O–H groups in total. The molecule has 0 spiro atoms. The summed E-state index contributed by atoms with van der Waals surface area (Å²) in [6.07, 6.45) is 7.98. The van der Waals surface area contributed by atoms with Crippen molar-refractivity contribution in [2.45, 2.75) is 37.1 Å². The number of aromatic nitrogens is 2. The van der Waals surface area contributed by atoms with Crippen molar-refractivity contribution < 1.29 is 9.47 Å². The Morgan fingerprint density at radius 3 is 2.96 bits per heavy atom. The third kappa shape index (κ3) is 3.26. The number of thioether (sulfide) groups is 1. The van der Waals surface area contributed by atoms with Gasteiger partial charge in [-0.3, -0.25) is 5.10 Å². The molecule has 0 radical (unpaired) electrons. The van der Waals surface area contributed by atoms with Crippen molar-refractivity contribution in [2.24, 2.45) is 0 Å². The van der Waals surface area contributed by atoms with Crippen molar-refractivity contribution in [2.75, 3.05) is 19.5 Å². The second kappa shape index (κ2) is 7.07. The van der Waals surface area contributed by atoms with E-state index in [0.29, 0.717) is 19.3 Å². The summed E-state index contributed by atoms with van der Waals surface area (Å²) in [5.41, 5.74) is 3.33. The van der Waals surface area contributed by atoms with Crippen LogP contribution in [0.4, 0.5) is 0 Å². The molecule has 4 rings (SSSR count). The number of hydrogen-bond donors (Lipinski definition) is 2. The molecule has 1 aromatic carbocycles. The summed E-state index contributed by atoms with van der Waals surface area (Å²) < 4.78 is 11.3. The van der Waals surface area contributed by atoms with Crippen LogP contribution in [0.3, 0.4) is 0 Å². The van der Waals surface area contributed by atoms with Gasteiger partial charge in [0.1, 0.15) is 13.2 Å². The minimum absolute atomic E-state index is 0.603. The van der Waals surface area contributed by atoms with Crippen LogP contribution in [0.15, 0.2) is 24.4 Å². The lowest BCUT2D eigenvalue weighted by atomic mass is 10.1. The minimum Gasteiger partial charge on any atom is -0.486 e. The quantitative estimate of drug-likeness (QED) is 0.871. The number of fused-ring (bicyclic) bond motifs is 1. The molecule has 1 aliphatic carbocycles. The van der Waals surface area contributed by atoms with E-state index in [9.17, 15) is 0 Å². The Bertz CT molecular complexity index is 703. The number of hydrogen-bond acceptors (Lipinski definition) is 5. The molecule has 6 heteroatoms. The van der Waals surface area contributed by atoms with Crippen LogP contribution in [0.5, 0.6) is 11.5 Å². The number of aromatic amines is 1. The fourth-order valence-electron chi connectivity index (χ4n) is 3.49. The fraction of sp³-hybridized carbons (Fsp3) is 0.500. The number of benzene rings is 1. The molecule has 128 valence electrons. The second-order valence-electron chi connectivity index (χ2n) is 6.38. The van der Waals surface area contributed by atoms with Gasteiger partial charge in [-0.15, -0.1) is 0 Å². The number of nitrogens with one attached hydrogen (secondary N) is 2. The van der Waals surface area contributed by atoms with Crippen molar-refractivity contribution in [1.29, 1.82) is 0 Å². The number of ether oxygens (including phenoxy) is 2. The van der Waals surface area contributed by atoms with Crippen LogP contribution in [0.25, 0.3) is 11.3 Å². The highest BCUT2D eigenvalue weighted by Gasteiger charge is 2.24. The molecule has 1 saturated carbocycles. The molecule has 2 aliphatic rings. The van der Waals surface area contributed by atoms with Crippen LogP contribution >= 0.6 is 11.8 Å². The van der Waals surface area contributed by atoms with Gasteiger partial charge in [0, 0.05) is 29.0 Å². The van der Waals surface area contributed by atoms with Crippen LogP contribution in [-0.2, 0) is 6.54 Å². The number of rotatable bonds is 5. The molecule has 1 aromatic heterocycles. The molecule has 2 aromatic rings. The zero-order valence-electron chi connectivity index (χ0n) is 13.9. The van der Waals surface area contributed by atoms with Gasteiger partial charge in [0.15, 0.2) is 11.5 Å². The van der Waals surface area contributed by atoms with Crippen molar-refractivity contribution in [1.82, 2.24) is 15.5 Å². The highest BCUT2D eigenvalue weighted by molar-refractivity contribution is 7.99. The van der Waals surface area contributed by atoms with Gasteiger partial charge in [0.25, 0.3) is 0 Å². The summed E-state index contributed by atoms with van der Waals surface area (Å²) >= 11 is 1.99. The van der Waals surface area contributed by atoms with Gasteiger partial charge < -0.3 is 14.8 Å². The van der Waals surface area contributed by atoms with Crippen LogP contribution in [0.2, 0.25) is 0 Å². The van der Waals surface area contributed by atoms with Crippen LogP contribution in [0.1, 0.15) is 24.8 Å². The van der Waals surface area contributed by atoms with Crippen LogP contribution in [0, 0.1) is 0 Å². The summed E-state index contributed by atoms with van der Waals surface area (Å²) in [6.45, 7) is 2.06. The van der Waals surface area contributed by atoms with Gasteiger partial charge in [-0.05, 0) is 43.7 Å². The van der Waals surface area contributed by atoms with E-state index in [1.54, 1.807) is 0 Å². The largest absolute Gasteiger partial charge is 0.486 e. The number of nitrogens with zero attached hydrogens (tertiary/aromatic N) is 1. The van der Waals surface area contributed by atoms with Crippen molar-refractivity contribution >= 4 is 11.8 Å². The molecular formula is C18H23N3O2S. The molecule has 1 fully saturated rings. The lowest BCUT2D eigenvalue weighted by Crippen LogP contribution is -2.26. The summed E-state index contributed by atoms with van der Waals surface area (Å²) in [4.78, 5) is 0. The Morgan fingerprint density at radius 1 is 1.25 bits per heavy atom. The lowest BCUT2D eigenvalue weighted by molar-refractivity contribution is 0.171. The topological polar surface area (TPSA) is 59.2 Å². The smallest absolute Gasteiger partial charge is 0.162 e. The first-order chi connectivity index (χ1) is 11.8. The zero-order valence-corrected chi connectivity index (χ0v) is 14.7. The van der Waals surface area contributed by atoms with Gasteiger partial charge in [0.05, 0.1) is 11.9 Å². The van der Waals surface area contributed by atoms with Crippen LogP contribution in [-0.4, -0.2) is 41.0 Å². The maximum Gasteiger partial charge on any atom is 0.162 e. The van der Waals surface area contributed by atoms with E-state index in [4.69, 9.17) is 9.47 Å². The Balaban J connectivity index is 1.46. The zero-order chi connectivity index (χ0) is 16.4. The normalized spacial score (nSPS) is 22.7. The molecule has 0 saturated heterocycles. The van der Waals surface area contributed by atoms with Crippen molar-refractivity contribution in [3.05, 3.63) is 30.0 Å². The predicted octanol–water partition coefficient (Wildman–Crippen LogP) is 3.22. The van der Waals surface area contributed by atoms with Crippen LogP contribution < -0.4 is 14.8 Å². The SMILES string of the molecule is CS[C@@H]1CC[C@H](NCc2cn[nH]c2-c2ccc3c(c2)OCCO3)C1. The summed E-state index contributed by atoms with van der Waals surface area (Å²) in [5.74, 6) is 1.63. The summed E-state index contributed by atoms with van der Waals surface area (Å²) in [7, 11) is 0. The molecule has 5 nitrogen and oxygen atoms in total. The van der Waals surface area contributed by atoms with E-state index in [-0.39, 0.29) is 0 Å². The maximum absolute atomic E-state index is 5.69. The Hall–Kier alpha value is -1.66. The second-order valence-corrected chi connectivity index (χ2v) is 7.52. The fourth-order valence-corrected chi connectivity index (χ4v) is 4.28. The Kier molecular flexibility index (Phi) is 4.67. The third-order valence-electron chi connectivity index (χ3n) is 4.85. The van der Waals surface area contributed by atoms with E-state index < -0.39 is 0 Å². The van der Waals surface area contributed by atoms with Gasteiger partial charge >= 0.3 is 0 Å². The molecule has 0 amide bonds. The lowest BCUT2D eigenvalue weighted by Gasteiger charge is -2.19. The highest BCUT2D eigenvalue weighted by Crippen LogP contribution is 2.35. The van der Waals surface area contributed by atoms with E-state index in [2.05, 4.69) is 27.8 Å². The average molecular weight is 345 g/mol. The van der Waals surface area contributed by atoms with Gasteiger partial charge in [-0.2, -0.15) is 16.9 Å². The molecule has 0 unspecified atom stereocenters. The molecular weight excluding hydrogens is 322 g/mol. The first-order valence-electron chi connectivity index (χ1n) is 8.52. The maximum atomic E-state index is 5.69. The summed E-state index contributed by atoms with van der Waals surface area (Å²) in [5, 5.41) is 11.9. The number of H-pyrrole nitrogens is 1. The molecule has 24 heavy (non-hydrogen) atoms. The average Bonchev–Trinajstić information content (AvgIpc) is 3.28. The van der Waals surface area contributed by atoms with Crippen molar-refractivity contribution in [3.63, 3.8) is 0 Å². The molecule has 2 heterocycles. The molecule has 1 aliphatic heterocycles. The first-order valence-corrected chi connectivity index (χ1v) is 9.80. The van der Waals surface area contributed by atoms with Gasteiger partial charge in [-0.1, -0.05) is 0 Å². The first kappa shape index (κ1) is 15.8. The third-order valence-corrected chi connectivity index (χ3v) is 5.94. The Morgan fingerprint density at radius 2 is 2.12 bits per heavy atom. The summed E-state index contributed by atoms with van der Waals surface area (Å²) in [6, 6.07) is 6.68. The standard InChI is InChI=1S/C18H23N3O2S/c1-24-15-4-3-14(9-15)19-10-13-11-20-21-18(13)12-2-5-16-17(8-12)23-7-6-22-16/h2,5,8,11,14-15,19H,3-4,6-7,9-10H2,1H3,(H,20,21)/t14-,15+/m0/s1. The monoisotopic (exact) mass is 345 g/mol. The van der Waals surface area contributed by atoms with E-state index >= 15 is 0 Å². The highest BCUT2D eigenvalue weighted by atomic mass is 32.2. The molecule has 0 bridgehead atoms. The van der Waals surface area contributed by atoms with E-state index in [1.165, 1.54) is 24.8 Å². The van der Waals surface area contributed by atoms with Gasteiger partial charge in [0.2, 0.25) is 0 Å². The Labute approximate surface area is 146 Å². The van der Waals surface area contributed by atoms with Crippen molar-refractivity contribution in [3.8, 4) is 22.8 Å². The van der Waals surface area contributed by atoms with Gasteiger partial charge in [-0.25, -0.2) is 0 Å². The van der Waals surface area contributed by atoms with E-state index in [0.717, 1.165) is 34.6 Å².